The third kappa shape index (κ3) is 4.30. The summed E-state index contributed by atoms with van der Waals surface area (Å²) in [6, 6.07) is 12.8. The molecule has 1 N–H and O–H groups in total. The topological polar surface area (TPSA) is 73.1 Å². The van der Waals surface area contributed by atoms with Gasteiger partial charge in [-0.25, -0.2) is 9.38 Å². The van der Waals surface area contributed by atoms with E-state index in [1.807, 2.05) is 12.1 Å². The van der Waals surface area contributed by atoms with Gasteiger partial charge >= 0.3 is 0 Å². The maximum absolute atomic E-state index is 13.2. The molecule has 7 heteroatoms. The van der Waals surface area contributed by atoms with Gasteiger partial charge in [-0.15, -0.1) is 0 Å². The first-order valence-electron chi connectivity index (χ1n) is 9.45. The highest BCUT2D eigenvalue weighted by Crippen LogP contribution is 2.25. The lowest BCUT2D eigenvalue weighted by atomic mass is 10.1. The number of fused-ring (bicyclic) bond motifs is 1. The molecule has 1 amide bonds. The molecule has 1 aliphatic heterocycles. The van der Waals surface area contributed by atoms with Crippen molar-refractivity contribution < 1.29 is 23.1 Å². The van der Waals surface area contributed by atoms with Crippen LogP contribution >= 0.6 is 0 Å². The lowest BCUT2D eigenvalue weighted by Crippen LogP contribution is -2.34. The summed E-state index contributed by atoms with van der Waals surface area (Å²) in [5.41, 5.74) is 1.36. The number of carbonyl (C=O) groups is 1. The third-order valence-electron chi connectivity index (χ3n) is 4.77. The van der Waals surface area contributed by atoms with Gasteiger partial charge < -0.3 is 19.2 Å². The second kappa shape index (κ2) is 8.45. The Kier molecular flexibility index (Phi) is 5.57. The number of rotatable bonds is 5. The second-order valence-corrected chi connectivity index (χ2v) is 6.78. The molecule has 2 heterocycles. The fourth-order valence-electron chi connectivity index (χ4n) is 3.27. The summed E-state index contributed by atoms with van der Waals surface area (Å²) in [7, 11) is 1.54. The lowest BCUT2D eigenvalue weighted by Gasteiger charge is -2.11. The average Bonchev–Trinajstić information content (AvgIpc) is 3.26. The van der Waals surface area contributed by atoms with Crippen molar-refractivity contribution in [2.24, 2.45) is 4.99 Å². The van der Waals surface area contributed by atoms with Crippen LogP contribution < -0.4 is 15.6 Å². The minimum atomic E-state index is -0.365. The van der Waals surface area contributed by atoms with Crippen LogP contribution in [0.2, 0.25) is 0 Å². The van der Waals surface area contributed by atoms with Crippen molar-refractivity contribution in [2.75, 3.05) is 20.3 Å². The maximum atomic E-state index is 13.2. The number of halogens is 1. The zero-order chi connectivity index (χ0) is 20.2. The molecule has 0 spiro atoms. The van der Waals surface area contributed by atoms with E-state index in [2.05, 4.69) is 10.3 Å². The van der Waals surface area contributed by atoms with Crippen LogP contribution in [0.3, 0.4) is 0 Å². The van der Waals surface area contributed by atoms with Crippen molar-refractivity contribution in [3.63, 3.8) is 0 Å². The molecular weight excluding hydrogens is 375 g/mol. The highest BCUT2D eigenvalue weighted by atomic mass is 19.1. The summed E-state index contributed by atoms with van der Waals surface area (Å²) < 4.78 is 30.1. The van der Waals surface area contributed by atoms with Gasteiger partial charge in [-0.05, 0) is 49.2 Å². The standard InChI is InChI=1S/C22H21FN2O4/c1-27-19-6-2-4-14-12-18(21(26)24-13-17-5-3-11-28-17)22(29-20(14)19)25-16-9-7-15(23)8-10-16/h2,4,6-10,12,17H,3,5,11,13H2,1H3,(H,24,26)/t17-/m1/s1. The molecule has 1 aromatic heterocycles. The van der Waals surface area contributed by atoms with Crippen LogP contribution in [-0.2, 0) is 4.74 Å². The molecule has 2 aromatic carbocycles. The van der Waals surface area contributed by atoms with Gasteiger partial charge in [0.05, 0.1) is 18.9 Å². The van der Waals surface area contributed by atoms with E-state index in [-0.39, 0.29) is 28.9 Å². The predicted octanol–water partition coefficient (Wildman–Crippen LogP) is 3.72. The van der Waals surface area contributed by atoms with E-state index in [0.29, 0.717) is 29.0 Å². The molecule has 6 nitrogen and oxygen atoms in total. The number of benzene rings is 2. The van der Waals surface area contributed by atoms with Crippen molar-refractivity contribution in [1.29, 1.82) is 0 Å². The number of hydrogen-bond acceptors (Lipinski definition) is 5. The molecule has 0 radical (unpaired) electrons. The van der Waals surface area contributed by atoms with Gasteiger partial charge in [-0.2, -0.15) is 0 Å². The van der Waals surface area contributed by atoms with Gasteiger partial charge in [0.1, 0.15) is 11.4 Å². The Morgan fingerprint density at radius 2 is 2.10 bits per heavy atom. The zero-order valence-corrected chi connectivity index (χ0v) is 16.0. The average molecular weight is 396 g/mol. The van der Waals surface area contributed by atoms with Gasteiger partial charge in [0.15, 0.2) is 11.3 Å². The molecule has 0 saturated carbocycles. The largest absolute Gasteiger partial charge is 0.493 e. The van der Waals surface area contributed by atoms with Crippen LogP contribution in [-0.4, -0.2) is 32.3 Å². The van der Waals surface area contributed by atoms with Crippen molar-refractivity contribution in [2.45, 2.75) is 18.9 Å². The van der Waals surface area contributed by atoms with Crippen LogP contribution in [0.5, 0.6) is 5.75 Å². The number of hydrogen-bond donors (Lipinski definition) is 1. The summed E-state index contributed by atoms with van der Waals surface area (Å²) in [5, 5.41) is 3.61. The van der Waals surface area contributed by atoms with Crippen LogP contribution in [0.1, 0.15) is 23.2 Å². The molecule has 1 saturated heterocycles. The highest BCUT2D eigenvalue weighted by Gasteiger charge is 2.19. The second-order valence-electron chi connectivity index (χ2n) is 6.78. The monoisotopic (exact) mass is 396 g/mol. The first-order valence-corrected chi connectivity index (χ1v) is 9.45. The van der Waals surface area contributed by atoms with Crippen molar-refractivity contribution in [3.05, 3.63) is 65.5 Å². The molecule has 1 atom stereocenters. The van der Waals surface area contributed by atoms with Crippen molar-refractivity contribution in [3.8, 4) is 5.75 Å². The van der Waals surface area contributed by atoms with Crippen LogP contribution in [0, 0.1) is 5.82 Å². The third-order valence-corrected chi connectivity index (χ3v) is 4.77. The number of methoxy groups -OCH3 is 1. The van der Waals surface area contributed by atoms with E-state index >= 15 is 0 Å². The Balaban J connectivity index is 1.77. The van der Waals surface area contributed by atoms with Gasteiger partial charge in [-0.1, -0.05) is 12.1 Å². The molecule has 0 bridgehead atoms. The zero-order valence-electron chi connectivity index (χ0n) is 16.0. The van der Waals surface area contributed by atoms with Crippen LogP contribution in [0.15, 0.2) is 57.9 Å². The molecule has 150 valence electrons. The van der Waals surface area contributed by atoms with Crippen molar-refractivity contribution >= 4 is 22.6 Å². The fraction of sp³-hybridized carbons (Fsp3) is 0.273. The normalized spacial score (nSPS) is 16.9. The van der Waals surface area contributed by atoms with E-state index in [1.54, 1.807) is 19.2 Å². The summed E-state index contributed by atoms with van der Waals surface area (Å²) in [6.45, 7) is 1.14. The molecule has 0 aliphatic carbocycles. The van der Waals surface area contributed by atoms with Gasteiger partial charge in [0.25, 0.3) is 5.91 Å². The van der Waals surface area contributed by atoms with E-state index in [1.165, 1.54) is 24.3 Å². The maximum Gasteiger partial charge on any atom is 0.256 e. The Morgan fingerprint density at radius 3 is 2.83 bits per heavy atom. The highest BCUT2D eigenvalue weighted by molar-refractivity contribution is 5.97. The molecule has 29 heavy (non-hydrogen) atoms. The summed E-state index contributed by atoms with van der Waals surface area (Å²) in [4.78, 5) is 17.3. The van der Waals surface area contributed by atoms with E-state index in [4.69, 9.17) is 13.9 Å². The number of para-hydroxylation sites is 1. The van der Waals surface area contributed by atoms with Gasteiger partial charge in [0, 0.05) is 18.5 Å². The summed E-state index contributed by atoms with van der Waals surface area (Å²) in [5.74, 6) is -0.144. The fourth-order valence-corrected chi connectivity index (χ4v) is 3.27. The first-order chi connectivity index (χ1) is 14.1. The van der Waals surface area contributed by atoms with E-state index in [0.717, 1.165) is 19.4 Å². The Bertz CT molecular complexity index is 1090. The summed E-state index contributed by atoms with van der Waals surface area (Å²) >= 11 is 0. The predicted molar refractivity (Wildman–Crippen MR) is 106 cm³/mol. The quantitative estimate of drug-likeness (QED) is 0.713. The minimum Gasteiger partial charge on any atom is -0.493 e. The number of nitrogens with one attached hydrogen (secondary N) is 1. The SMILES string of the molecule is COc1cccc2cc(C(=O)NC[C@H]3CCCO3)c(=Nc3ccc(F)cc3)oc12. The Hall–Kier alpha value is -3.19. The Morgan fingerprint density at radius 1 is 1.28 bits per heavy atom. The van der Waals surface area contributed by atoms with Crippen LogP contribution in [0.4, 0.5) is 10.1 Å². The first kappa shape index (κ1) is 19.1. The molecule has 1 fully saturated rings. The number of nitrogens with zero attached hydrogens (tertiary/aromatic N) is 1. The van der Waals surface area contributed by atoms with Crippen LogP contribution in [0.25, 0.3) is 11.0 Å². The van der Waals surface area contributed by atoms with Gasteiger partial charge in [0.2, 0.25) is 5.55 Å². The minimum absolute atomic E-state index is 0.0222. The number of ether oxygens (including phenoxy) is 2. The summed E-state index contributed by atoms with van der Waals surface area (Å²) in [6.07, 6.45) is 1.94. The molecule has 0 unspecified atom stereocenters. The van der Waals surface area contributed by atoms with Gasteiger partial charge in [-0.3, -0.25) is 4.79 Å². The molecule has 4 rings (SSSR count). The molecular formula is C22H21FN2O4. The number of carbonyl (C=O) groups excluding carboxylic acids is 1. The molecule has 3 aromatic rings. The molecule has 1 aliphatic rings. The Labute approximate surface area is 167 Å². The lowest BCUT2D eigenvalue weighted by molar-refractivity contribution is 0.0854. The number of amides is 1. The van der Waals surface area contributed by atoms with Crippen molar-refractivity contribution in [1.82, 2.24) is 5.32 Å². The van der Waals surface area contributed by atoms with E-state index in [9.17, 15) is 9.18 Å². The van der Waals surface area contributed by atoms with E-state index < -0.39 is 0 Å². The smallest absolute Gasteiger partial charge is 0.256 e.